The number of carbonyl (C=O) groups excluding carboxylic acids is 1. The third-order valence-electron chi connectivity index (χ3n) is 5.57. The number of benzene rings is 1. The molecular formula is C22H29N3O4. The van der Waals surface area contributed by atoms with Crippen LogP contribution in [0.25, 0.3) is 0 Å². The second-order valence-corrected chi connectivity index (χ2v) is 7.68. The minimum absolute atomic E-state index is 0.0465. The maximum Gasteiger partial charge on any atom is 0.308 e. The average Bonchev–Trinajstić information content (AvgIpc) is 3.47. The van der Waals surface area contributed by atoms with Crippen molar-refractivity contribution >= 4 is 11.9 Å². The molecule has 1 aliphatic rings. The van der Waals surface area contributed by atoms with Gasteiger partial charge < -0.3 is 15.2 Å². The van der Waals surface area contributed by atoms with E-state index in [-0.39, 0.29) is 24.9 Å². The van der Waals surface area contributed by atoms with E-state index in [1.807, 2.05) is 22.9 Å². The van der Waals surface area contributed by atoms with Gasteiger partial charge in [-0.15, -0.1) is 0 Å². The minimum atomic E-state index is -0.950. The number of para-hydroxylation sites is 1. The first-order chi connectivity index (χ1) is 14.0. The minimum Gasteiger partial charge on any atom is -0.496 e. The quantitative estimate of drug-likeness (QED) is 0.639. The van der Waals surface area contributed by atoms with Crippen LogP contribution < -0.4 is 10.1 Å². The fourth-order valence-electron chi connectivity index (χ4n) is 3.53. The van der Waals surface area contributed by atoms with Gasteiger partial charge in [0.1, 0.15) is 5.75 Å². The van der Waals surface area contributed by atoms with Crippen molar-refractivity contribution in [1.82, 2.24) is 15.1 Å². The number of nitrogens with zero attached hydrogens (tertiary/aromatic N) is 2. The van der Waals surface area contributed by atoms with E-state index in [9.17, 15) is 14.7 Å². The molecule has 0 aliphatic heterocycles. The summed E-state index contributed by atoms with van der Waals surface area (Å²) in [5.41, 5.74) is 2.35. The van der Waals surface area contributed by atoms with Crippen molar-refractivity contribution < 1.29 is 19.4 Å². The highest BCUT2D eigenvalue weighted by Gasteiger charge is 2.33. The van der Waals surface area contributed by atoms with Crippen molar-refractivity contribution in [3.63, 3.8) is 0 Å². The Hall–Kier alpha value is -2.83. The highest BCUT2D eigenvalue weighted by Crippen LogP contribution is 2.42. The van der Waals surface area contributed by atoms with Crippen LogP contribution in [0, 0.1) is 5.92 Å². The predicted octanol–water partition coefficient (Wildman–Crippen LogP) is 3.41. The number of rotatable bonds is 10. The van der Waals surface area contributed by atoms with Crippen molar-refractivity contribution in [2.24, 2.45) is 5.92 Å². The van der Waals surface area contributed by atoms with Crippen LogP contribution in [0.2, 0.25) is 0 Å². The summed E-state index contributed by atoms with van der Waals surface area (Å²) in [6.07, 6.45) is 4.96. The van der Waals surface area contributed by atoms with Crippen LogP contribution in [0.1, 0.15) is 66.7 Å². The van der Waals surface area contributed by atoms with Crippen LogP contribution in [-0.4, -0.2) is 40.4 Å². The normalized spacial score (nSPS) is 15.6. The van der Waals surface area contributed by atoms with Gasteiger partial charge in [-0.1, -0.05) is 25.1 Å². The monoisotopic (exact) mass is 399 g/mol. The number of amides is 1. The van der Waals surface area contributed by atoms with Gasteiger partial charge in [0.25, 0.3) is 5.91 Å². The molecule has 1 fully saturated rings. The SMILES string of the molecule is CCC(C)n1ncc(C(=O)NCC(Cc2ccccc2OC)C(=O)O)c1C1CC1. The predicted molar refractivity (Wildman–Crippen MR) is 109 cm³/mol. The molecule has 2 N–H and O–H groups in total. The van der Waals surface area contributed by atoms with Crippen molar-refractivity contribution in [3.8, 4) is 5.75 Å². The number of nitrogens with one attached hydrogen (secondary N) is 1. The molecule has 2 atom stereocenters. The van der Waals surface area contributed by atoms with Crippen LogP contribution >= 0.6 is 0 Å². The van der Waals surface area contributed by atoms with E-state index in [1.165, 1.54) is 0 Å². The molecule has 1 saturated carbocycles. The lowest BCUT2D eigenvalue weighted by Gasteiger charge is -2.16. The van der Waals surface area contributed by atoms with Gasteiger partial charge >= 0.3 is 5.97 Å². The van der Waals surface area contributed by atoms with Crippen LogP contribution in [0.15, 0.2) is 30.5 Å². The van der Waals surface area contributed by atoms with Crippen molar-refractivity contribution in [2.75, 3.05) is 13.7 Å². The number of hydrogen-bond donors (Lipinski definition) is 2. The van der Waals surface area contributed by atoms with Crippen molar-refractivity contribution in [1.29, 1.82) is 0 Å². The van der Waals surface area contributed by atoms with E-state index in [2.05, 4.69) is 24.3 Å². The molecule has 7 heteroatoms. The van der Waals surface area contributed by atoms with Crippen LogP contribution in [-0.2, 0) is 11.2 Å². The zero-order valence-corrected chi connectivity index (χ0v) is 17.2. The Labute approximate surface area is 171 Å². The van der Waals surface area contributed by atoms with Crippen LogP contribution in [0.5, 0.6) is 5.75 Å². The summed E-state index contributed by atoms with van der Waals surface area (Å²) in [5.74, 6) is -0.932. The zero-order valence-electron chi connectivity index (χ0n) is 17.2. The van der Waals surface area contributed by atoms with Crippen LogP contribution in [0.3, 0.4) is 0 Å². The van der Waals surface area contributed by atoms with Gasteiger partial charge in [0, 0.05) is 18.5 Å². The van der Waals surface area contributed by atoms with Gasteiger partial charge in [0.05, 0.1) is 30.5 Å². The Balaban J connectivity index is 1.71. The van der Waals surface area contributed by atoms with E-state index in [0.29, 0.717) is 17.2 Å². The Kier molecular flexibility index (Phi) is 6.56. The molecule has 2 aromatic rings. The summed E-state index contributed by atoms with van der Waals surface area (Å²) in [5, 5.41) is 16.9. The maximum absolute atomic E-state index is 12.8. The molecule has 1 aromatic heterocycles. The summed E-state index contributed by atoms with van der Waals surface area (Å²) in [7, 11) is 1.56. The van der Waals surface area contributed by atoms with Gasteiger partial charge in [-0.25, -0.2) is 0 Å². The van der Waals surface area contributed by atoms with E-state index < -0.39 is 11.9 Å². The lowest BCUT2D eigenvalue weighted by atomic mass is 9.98. The van der Waals surface area contributed by atoms with E-state index in [1.54, 1.807) is 19.4 Å². The number of carboxylic acid groups (broad SMARTS) is 1. The molecule has 1 amide bonds. The summed E-state index contributed by atoms with van der Waals surface area (Å²) in [6.45, 7) is 4.23. The molecule has 29 heavy (non-hydrogen) atoms. The molecule has 1 heterocycles. The van der Waals surface area contributed by atoms with E-state index in [4.69, 9.17) is 4.74 Å². The van der Waals surface area contributed by atoms with Gasteiger partial charge in [-0.2, -0.15) is 5.10 Å². The Bertz CT molecular complexity index is 873. The summed E-state index contributed by atoms with van der Waals surface area (Å²) >= 11 is 0. The molecule has 0 spiro atoms. The Morgan fingerprint density at radius 3 is 2.69 bits per heavy atom. The number of aromatic nitrogens is 2. The molecular weight excluding hydrogens is 370 g/mol. The second-order valence-electron chi connectivity index (χ2n) is 7.68. The summed E-state index contributed by atoms with van der Waals surface area (Å²) in [4.78, 5) is 24.6. The fraction of sp³-hybridized carbons (Fsp3) is 0.500. The molecule has 0 radical (unpaired) electrons. The molecule has 0 saturated heterocycles. The first-order valence-electron chi connectivity index (χ1n) is 10.2. The molecule has 1 aromatic carbocycles. The summed E-state index contributed by atoms with van der Waals surface area (Å²) in [6, 6.07) is 7.56. The first-order valence-corrected chi connectivity index (χ1v) is 10.2. The van der Waals surface area contributed by atoms with Crippen molar-refractivity contribution in [2.45, 2.75) is 51.5 Å². The number of methoxy groups -OCH3 is 1. The topological polar surface area (TPSA) is 93.5 Å². The van der Waals surface area contributed by atoms with Gasteiger partial charge in [0.2, 0.25) is 0 Å². The third-order valence-corrected chi connectivity index (χ3v) is 5.57. The Morgan fingerprint density at radius 2 is 2.07 bits per heavy atom. The molecule has 3 rings (SSSR count). The number of aliphatic carboxylic acids is 1. The van der Waals surface area contributed by atoms with Gasteiger partial charge in [-0.3, -0.25) is 14.3 Å². The highest BCUT2D eigenvalue weighted by molar-refractivity contribution is 5.95. The summed E-state index contributed by atoms with van der Waals surface area (Å²) < 4.78 is 7.27. The number of carboxylic acids is 1. The number of hydrogen-bond acceptors (Lipinski definition) is 4. The lowest BCUT2D eigenvalue weighted by molar-refractivity contribution is -0.141. The zero-order chi connectivity index (χ0) is 21.0. The van der Waals surface area contributed by atoms with Crippen molar-refractivity contribution in [3.05, 3.63) is 47.3 Å². The number of ether oxygens (including phenoxy) is 1. The molecule has 1 aliphatic carbocycles. The largest absolute Gasteiger partial charge is 0.496 e. The maximum atomic E-state index is 12.8. The molecule has 7 nitrogen and oxygen atoms in total. The Morgan fingerprint density at radius 1 is 1.34 bits per heavy atom. The average molecular weight is 399 g/mol. The number of carbonyl (C=O) groups is 2. The van der Waals surface area contributed by atoms with Gasteiger partial charge in [0.15, 0.2) is 0 Å². The van der Waals surface area contributed by atoms with E-state index in [0.717, 1.165) is 30.5 Å². The second kappa shape index (κ2) is 9.11. The molecule has 2 unspecified atom stereocenters. The standard InChI is InChI=1S/C22H29N3O4/c1-4-14(2)25-20(15-9-10-15)18(13-24-25)21(26)23-12-17(22(27)28)11-16-7-5-6-8-19(16)29-3/h5-8,13-15,17H,4,9-12H2,1-3H3,(H,23,26)(H,27,28). The van der Waals surface area contributed by atoms with E-state index >= 15 is 0 Å². The van der Waals surface area contributed by atoms with Gasteiger partial charge in [-0.05, 0) is 44.2 Å². The molecule has 0 bridgehead atoms. The third kappa shape index (κ3) is 4.78. The fourth-order valence-corrected chi connectivity index (χ4v) is 3.53. The first kappa shape index (κ1) is 20.9. The van der Waals surface area contributed by atoms with Crippen LogP contribution in [0.4, 0.5) is 0 Å². The lowest BCUT2D eigenvalue weighted by Crippen LogP contribution is -2.34. The molecule has 156 valence electrons. The smallest absolute Gasteiger partial charge is 0.308 e. The highest BCUT2D eigenvalue weighted by atomic mass is 16.5.